The number of carbonyl (C=O) groups excluding carboxylic acids is 1. The molecule has 1 saturated carbocycles. The Morgan fingerprint density at radius 1 is 1.08 bits per heavy atom. The van der Waals surface area contributed by atoms with Crippen LogP contribution in [0.5, 0.6) is 0 Å². The van der Waals surface area contributed by atoms with E-state index >= 15 is 0 Å². The summed E-state index contributed by atoms with van der Waals surface area (Å²) < 4.78 is 4.45. The molecule has 0 aliphatic heterocycles. The molecule has 0 saturated heterocycles. The summed E-state index contributed by atoms with van der Waals surface area (Å²) in [7, 11) is 0. The van der Waals surface area contributed by atoms with Gasteiger partial charge in [0.25, 0.3) is 0 Å². The summed E-state index contributed by atoms with van der Waals surface area (Å²) in [4.78, 5) is 12.3. The van der Waals surface area contributed by atoms with Crippen molar-refractivity contribution < 1.29 is 9.53 Å². The first-order valence-corrected chi connectivity index (χ1v) is 8.71. The molecule has 0 radical (unpaired) electrons. The quantitative estimate of drug-likeness (QED) is 0.527. The van der Waals surface area contributed by atoms with E-state index in [9.17, 15) is 4.79 Å². The molecule has 1 fully saturated rings. The third-order valence-corrected chi connectivity index (χ3v) is 6.41. The molecule has 2 aromatic rings. The summed E-state index contributed by atoms with van der Waals surface area (Å²) in [6.45, 7) is 6.02. The van der Waals surface area contributed by atoms with Crippen LogP contribution in [0.15, 0.2) is 48.5 Å². The number of esters is 1. The number of hydrogen-bond donors (Lipinski definition) is 0. The molecule has 2 aromatic carbocycles. The first-order valence-electron chi connectivity index (χ1n) is 7.95. The molecule has 0 spiro atoms. The largest absolute Gasteiger partial charge is 0.460 e. The molecule has 4 heteroatoms. The van der Waals surface area contributed by atoms with E-state index in [1.54, 1.807) is 0 Å². The molecule has 126 valence electrons. The lowest BCUT2D eigenvalue weighted by molar-refractivity contribution is -0.147. The number of benzene rings is 2. The number of hydrogen-bond acceptors (Lipinski definition) is 2. The van der Waals surface area contributed by atoms with Crippen molar-refractivity contribution in [3.63, 3.8) is 0 Å². The molecule has 0 amide bonds. The van der Waals surface area contributed by atoms with Gasteiger partial charge in [-0.05, 0) is 29.2 Å². The van der Waals surface area contributed by atoms with Crippen LogP contribution < -0.4 is 0 Å². The van der Waals surface area contributed by atoms with Gasteiger partial charge in [-0.3, -0.25) is 4.79 Å². The van der Waals surface area contributed by atoms with Crippen LogP contribution in [-0.2, 0) is 16.1 Å². The molecule has 0 bridgehead atoms. The van der Waals surface area contributed by atoms with Crippen LogP contribution in [0.4, 0.5) is 0 Å². The Morgan fingerprint density at radius 2 is 1.71 bits per heavy atom. The SMILES string of the molecule is Cc1c(COC(=O)C2C(C)(C)C2(Cl)Cl)cccc1-c1ccccc1. The van der Waals surface area contributed by atoms with Crippen molar-refractivity contribution in [3.05, 3.63) is 59.7 Å². The molecule has 0 aromatic heterocycles. The van der Waals surface area contributed by atoms with Crippen LogP contribution in [0.1, 0.15) is 25.0 Å². The molecule has 1 atom stereocenters. The average Bonchev–Trinajstić information content (AvgIpc) is 2.96. The fourth-order valence-corrected chi connectivity index (χ4v) is 3.94. The van der Waals surface area contributed by atoms with Crippen LogP contribution in [0.25, 0.3) is 11.1 Å². The molecule has 1 aliphatic rings. The fraction of sp³-hybridized carbons (Fsp3) is 0.350. The van der Waals surface area contributed by atoms with Gasteiger partial charge in [0.15, 0.2) is 0 Å². The van der Waals surface area contributed by atoms with Crippen molar-refractivity contribution >= 4 is 29.2 Å². The maximum Gasteiger partial charge on any atom is 0.313 e. The standard InChI is InChI=1S/C20H20Cl2O2/c1-13-15(10-7-11-16(13)14-8-5-4-6-9-14)12-24-18(23)17-19(2,3)20(17,21)22/h4-11,17H,12H2,1-3H3. The third-order valence-electron chi connectivity index (χ3n) is 5.00. The molecule has 2 nitrogen and oxygen atoms in total. The zero-order valence-corrected chi connectivity index (χ0v) is 15.5. The lowest BCUT2D eigenvalue weighted by atomic mass is 9.97. The van der Waals surface area contributed by atoms with E-state index in [1.165, 1.54) is 0 Å². The van der Waals surface area contributed by atoms with Gasteiger partial charge in [-0.25, -0.2) is 0 Å². The zero-order chi connectivity index (χ0) is 17.5. The van der Waals surface area contributed by atoms with Gasteiger partial charge < -0.3 is 4.74 Å². The minimum Gasteiger partial charge on any atom is -0.460 e. The predicted molar refractivity (Wildman–Crippen MR) is 98.1 cm³/mol. The van der Waals surface area contributed by atoms with E-state index in [0.717, 1.165) is 22.3 Å². The summed E-state index contributed by atoms with van der Waals surface area (Å²) in [5, 5.41) is 0. The number of alkyl halides is 2. The van der Waals surface area contributed by atoms with Gasteiger partial charge in [0.05, 0.1) is 5.92 Å². The summed E-state index contributed by atoms with van der Waals surface area (Å²) in [6.07, 6.45) is 0. The second kappa shape index (κ2) is 6.09. The van der Waals surface area contributed by atoms with Crippen molar-refractivity contribution in [2.24, 2.45) is 11.3 Å². The molecule has 1 aliphatic carbocycles. The minimum atomic E-state index is -1.04. The molecule has 0 heterocycles. The second-order valence-electron chi connectivity index (χ2n) is 6.84. The maximum atomic E-state index is 12.3. The van der Waals surface area contributed by atoms with Crippen LogP contribution in [0.2, 0.25) is 0 Å². The topological polar surface area (TPSA) is 26.3 Å². The third kappa shape index (κ3) is 2.82. The van der Waals surface area contributed by atoms with Gasteiger partial charge in [0.1, 0.15) is 10.9 Å². The summed E-state index contributed by atoms with van der Waals surface area (Å²) in [6, 6.07) is 16.2. The Kier molecular flexibility index (Phi) is 4.39. The Labute approximate surface area is 152 Å². The lowest BCUT2D eigenvalue weighted by Gasteiger charge is -2.12. The monoisotopic (exact) mass is 362 g/mol. The summed E-state index contributed by atoms with van der Waals surface area (Å²) >= 11 is 12.4. The highest BCUT2D eigenvalue weighted by Crippen LogP contribution is 2.69. The van der Waals surface area contributed by atoms with E-state index in [2.05, 4.69) is 18.2 Å². The van der Waals surface area contributed by atoms with Crippen LogP contribution in [0.3, 0.4) is 0 Å². The van der Waals surface area contributed by atoms with Gasteiger partial charge in [-0.2, -0.15) is 0 Å². The van der Waals surface area contributed by atoms with Gasteiger partial charge >= 0.3 is 5.97 Å². The average molecular weight is 363 g/mol. The number of ether oxygens (including phenoxy) is 1. The smallest absolute Gasteiger partial charge is 0.313 e. The summed E-state index contributed by atoms with van der Waals surface area (Å²) in [5.74, 6) is -0.819. The number of halogens is 2. The highest BCUT2D eigenvalue weighted by Gasteiger charge is 2.74. The molecule has 24 heavy (non-hydrogen) atoms. The Morgan fingerprint density at radius 3 is 2.29 bits per heavy atom. The predicted octanol–water partition coefficient (Wildman–Crippen LogP) is 5.54. The summed E-state index contributed by atoms with van der Waals surface area (Å²) in [5.41, 5.74) is 3.92. The molecule has 1 unspecified atom stereocenters. The van der Waals surface area contributed by atoms with Crippen molar-refractivity contribution in [3.8, 4) is 11.1 Å². The van der Waals surface area contributed by atoms with E-state index in [1.807, 2.05) is 51.1 Å². The van der Waals surface area contributed by atoms with Crippen molar-refractivity contribution in [2.75, 3.05) is 0 Å². The van der Waals surface area contributed by atoms with E-state index in [-0.39, 0.29) is 12.6 Å². The van der Waals surface area contributed by atoms with Crippen molar-refractivity contribution in [1.82, 2.24) is 0 Å². The van der Waals surface area contributed by atoms with Gasteiger partial charge in [-0.1, -0.05) is 62.4 Å². The maximum absolute atomic E-state index is 12.3. The fourth-order valence-electron chi connectivity index (χ4n) is 3.10. The Balaban J connectivity index is 1.74. The molecule has 0 N–H and O–H groups in total. The highest BCUT2D eigenvalue weighted by atomic mass is 35.5. The van der Waals surface area contributed by atoms with Crippen molar-refractivity contribution in [1.29, 1.82) is 0 Å². The van der Waals surface area contributed by atoms with Crippen LogP contribution in [-0.4, -0.2) is 10.3 Å². The van der Waals surface area contributed by atoms with Gasteiger partial charge in [0.2, 0.25) is 0 Å². The van der Waals surface area contributed by atoms with Crippen LogP contribution in [0, 0.1) is 18.3 Å². The minimum absolute atomic E-state index is 0.224. The molecular weight excluding hydrogens is 343 g/mol. The van der Waals surface area contributed by atoms with Crippen molar-refractivity contribution in [2.45, 2.75) is 31.7 Å². The highest BCUT2D eigenvalue weighted by molar-refractivity contribution is 6.53. The number of carbonyl (C=O) groups is 1. The molecular formula is C20H20Cl2O2. The first-order chi connectivity index (χ1) is 11.3. The van der Waals surface area contributed by atoms with E-state index in [4.69, 9.17) is 27.9 Å². The van der Waals surface area contributed by atoms with Crippen LogP contribution >= 0.6 is 23.2 Å². The lowest BCUT2D eigenvalue weighted by Crippen LogP contribution is -2.12. The second-order valence-corrected chi connectivity index (χ2v) is 8.23. The normalized spacial score (nSPS) is 20.5. The Hall–Kier alpha value is -1.51. The Bertz CT molecular complexity index is 752. The first kappa shape index (κ1) is 17.3. The van der Waals surface area contributed by atoms with Gasteiger partial charge in [0, 0.05) is 5.41 Å². The number of rotatable bonds is 4. The van der Waals surface area contributed by atoms with E-state index < -0.39 is 15.7 Å². The zero-order valence-electron chi connectivity index (χ0n) is 14.0. The molecule has 3 rings (SSSR count). The van der Waals surface area contributed by atoms with Gasteiger partial charge in [-0.15, -0.1) is 23.2 Å². The van der Waals surface area contributed by atoms with E-state index in [0.29, 0.717) is 0 Å².